The van der Waals surface area contributed by atoms with E-state index in [1.54, 1.807) is 10.7 Å². The Labute approximate surface area is 219 Å². The molecule has 5 rings (SSSR count). The summed E-state index contributed by atoms with van der Waals surface area (Å²) in [5.74, 6) is -0.848. The highest BCUT2D eigenvalue weighted by Crippen LogP contribution is 2.30. The summed E-state index contributed by atoms with van der Waals surface area (Å²) < 4.78 is 16.0. The average Bonchev–Trinajstić information content (AvgIpc) is 3.39. The van der Waals surface area contributed by atoms with Crippen molar-refractivity contribution in [3.8, 4) is 0 Å². The van der Waals surface area contributed by atoms with E-state index in [0.717, 1.165) is 41.5 Å². The van der Waals surface area contributed by atoms with E-state index in [9.17, 15) is 14.0 Å². The Balaban J connectivity index is 1.29. The van der Waals surface area contributed by atoms with Gasteiger partial charge in [0.05, 0.1) is 17.0 Å². The molecule has 1 atom stereocenters. The van der Waals surface area contributed by atoms with E-state index in [-0.39, 0.29) is 30.0 Å². The van der Waals surface area contributed by atoms with Crippen LogP contribution in [0.4, 0.5) is 15.2 Å². The normalized spacial score (nSPS) is 18.1. The van der Waals surface area contributed by atoms with Crippen LogP contribution in [0, 0.1) is 19.7 Å². The largest absolute Gasteiger partial charge is 0.367 e. The Bertz CT molecular complexity index is 1340. The number of hydrogen-bond acceptors (Lipinski definition) is 7. The third kappa shape index (κ3) is 5.37. The maximum atomic E-state index is 14.2. The maximum Gasteiger partial charge on any atom is 0.259 e. The van der Waals surface area contributed by atoms with Gasteiger partial charge in [-0.3, -0.25) is 19.6 Å². The number of rotatable bonds is 5. The first kappa shape index (κ1) is 25.3. The molecule has 37 heavy (non-hydrogen) atoms. The SMILES string of the molecule is Cc1cc(C)n(CC(=O)N2CCN(c3ccc(F)cc3C(=O)Nc3nc4c(s3)CN(C)CC4)C[C@@H]2C)n1. The van der Waals surface area contributed by atoms with Crippen molar-refractivity contribution in [3.05, 3.63) is 57.6 Å². The summed E-state index contributed by atoms with van der Waals surface area (Å²) in [5, 5.41) is 7.83. The fourth-order valence-corrected chi connectivity index (χ4v) is 6.19. The fraction of sp³-hybridized carbons (Fsp3) is 0.462. The van der Waals surface area contributed by atoms with Crippen molar-refractivity contribution in [2.45, 2.75) is 46.3 Å². The van der Waals surface area contributed by atoms with Crippen molar-refractivity contribution in [1.29, 1.82) is 0 Å². The topological polar surface area (TPSA) is 86.6 Å². The van der Waals surface area contributed by atoms with Crippen molar-refractivity contribution in [3.63, 3.8) is 0 Å². The van der Waals surface area contributed by atoms with E-state index in [0.29, 0.717) is 30.5 Å². The molecule has 0 unspecified atom stereocenters. The number of anilines is 2. The molecule has 0 bridgehead atoms. The van der Waals surface area contributed by atoms with Gasteiger partial charge in [-0.05, 0) is 52.1 Å². The lowest BCUT2D eigenvalue weighted by atomic mass is 10.1. The summed E-state index contributed by atoms with van der Waals surface area (Å²) in [4.78, 5) is 38.2. The van der Waals surface area contributed by atoms with Crippen LogP contribution >= 0.6 is 11.3 Å². The lowest BCUT2D eigenvalue weighted by Crippen LogP contribution is -2.55. The number of piperazine rings is 1. The minimum atomic E-state index is -0.472. The van der Waals surface area contributed by atoms with Crippen LogP contribution in [0.2, 0.25) is 0 Å². The number of amides is 2. The molecule has 1 saturated heterocycles. The van der Waals surface area contributed by atoms with Crippen molar-refractivity contribution in [1.82, 2.24) is 24.6 Å². The number of nitrogens with zero attached hydrogens (tertiary/aromatic N) is 6. The monoisotopic (exact) mass is 525 g/mol. The van der Waals surface area contributed by atoms with Crippen LogP contribution in [0.15, 0.2) is 24.3 Å². The Hall–Kier alpha value is -3.31. The van der Waals surface area contributed by atoms with Crippen LogP contribution < -0.4 is 10.2 Å². The van der Waals surface area contributed by atoms with Crippen molar-refractivity contribution >= 4 is 34.0 Å². The number of carbonyl (C=O) groups excluding carboxylic acids is 2. The minimum Gasteiger partial charge on any atom is -0.367 e. The molecule has 1 aromatic carbocycles. The molecule has 0 radical (unpaired) electrons. The van der Waals surface area contributed by atoms with E-state index in [1.165, 1.54) is 23.5 Å². The summed E-state index contributed by atoms with van der Waals surface area (Å²) in [6, 6.07) is 6.16. The summed E-state index contributed by atoms with van der Waals surface area (Å²) in [7, 11) is 2.06. The number of fused-ring (bicyclic) bond motifs is 1. The molecule has 1 N–H and O–H groups in total. The van der Waals surface area contributed by atoms with Crippen LogP contribution in [0.25, 0.3) is 0 Å². The highest BCUT2D eigenvalue weighted by atomic mass is 32.1. The third-order valence-electron chi connectivity index (χ3n) is 7.02. The number of benzene rings is 1. The van der Waals surface area contributed by atoms with Gasteiger partial charge >= 0.3 is 0 Å². The molecule has 2 aliphatic rings. The first-order valence-corrected chi connectivity index (χ1v) is 13.3. The number of thiazole rings is 1. The molecule has 2 aliphatic heterocycles. The van der Waals surface area contributed by atoms with Gasteiger partial charge in [-0.25, -0.2) is 9.37 Å². The van der Waals surface area contributed by atoms with E-state index in [4.69, 9.17) is 0 Å². The molecule has 0 saturated carbocycles. The van der Waals surface area contributed by atoms with Crippen LogP contribution in [-0.4, -0.2) is 75.6 Å². The number of carbonyl (C=O) groups is 2. The van der Waals surface area contributed by atoms with Crippen LogP contribution in [0.1, 0.15) is 39.2 Å². The van der Waals surface area contributed by atoms with Gasteiger partial charge < -0.3 is 14.7 Å². The summed E-state index contributed by atoms with van der Waals surface area (Å²) in [6.07, 6.45) is 0.851. The van der Waals surface area contributed by atoms with Gasteiger partial charge in [-0.15, -0.1) is 11.3 Å². The zero-order valence-corrected chi connectivity index (χ0v) is 22.4. The van der Waals surface area contributed by atoms with E-state index in [1.807, 2.05) is 36.6 Å². The van der Waals surface area contributed by atoms with Crippen LogP contribution in [0.5, 0.6) is 0 Å². The number of aryl methyl sites for hydroxylation is 2. The molecule has 0 aliphatic carbocycles. The number of hydrogen-bond donors (Lipinski definition) is 1. The van der Waals surface area contributed by atoms with Gasteiger partial charge in [0.15, 0.2) is 5.13 Å². The van der Waals surface area contributed by atoms with E-state index in [2.05, 4.69) is 27.3 Å². The Morgan fingerprint density at radius 3 is 2.73 bits per heavy atom. The Morgan fingerprint density at radius 1 is 1.19 bits per heavy atom. The molecule has 4 heterocycles. The second kappa shape index (κ2) is 10.2. The quantitative estimate of drug-likeness (QED) is 0.551. The average molecular weight is 526 g/mol. The maximum absolute atomic E-state index is 14.2. The van der Waals surface area contributed by atoms with Crippen LogP contribution in [0.3, 0.4) is 0 Å². The summed E-state index contributed by atoms with van der Waals surface area (Å²) >= 11 is 1.47. The van der Waals surface area contributed by atoms with Crippen molar-refractivity contribution in [2.24, 2.45) is 0 Å². The molecule has 2 amide bonds. The highest BCUT2D eigenvalue weighted by Gasteiger charge is 2.30. The Morgan fingerprint density at radius 2 is 2.00 bits per heavy atom. The van der Waals surface area contributed by atoms with Crippen molar-refractivity contribution < 1.29 is 14.0 Å². The molecular weight excluding hydrogens is 493 g/mol. The molecule has 1 fully saturated rings. The fourth-order valence-electron chi connectivity index (χ4n) is 5.11. The van der Waals surface area contributed by atoms with Gasteiger partial charge in [-0.2, -0.15) is 5.10 Å². The number of aromatic nitrogens is 3. The zero-order valence-electron chi connectivity index (χ0n) is 21.6. The van der Waals surface area contributed by atoms with Gasteiger partial charge in [0.2, 0.25) is 5.91 Å². The minimum absolute atomic E-state index is 0.00815. The van der Waals surface area contributed by atoms with Gasteiger partial charge in [-0.1, -0.05) is 0 Å². The second-order valence-electron chi connectivity index (χ2n) is 9.96. The number of halogens is 1. The van der Waals surface area contributed by atoms with Gasteiger partial charge in [0.1, 0.15) is 12.4 Å². The molecule has 196 valence electrons. The summed E-state index contributed by atoms with van der Waals surface area (Å²) in [6.45, 7) is 9.37. The van der Waals surface area contributed by atoms with Crippen molar-refractivity contribution in [2.75, 3.05) is 43.4 Å². The predicted octanol–water partition coefficient (Wildman–Crippen LogP) is 3.07. The number of nitrogens with one attached hydrogen (secondary N) is 1. The van der Waals surface area contributed by atoms with Gasteiger partial charge in [0.25, 0.3) is 5.91 Å². The molecular formula is C26H32FN7O2S. The third-order valence-corrected chi connectivity index (χ3v) is 8.02. The molecule has 2 aromatic heterocycles. The van der Waals surface area contributed by atoms with E-state index < -0.39 is 5.82 Å². The lowest BCUT2D eigenvalue weighted by Gasteiger charge is -2.41. The first-order chi connectivity index (χ1) is 17.7. The molecule has 9 nitrogen and oxygen atoms in total. The predicted molar refractivity (Wildman–Crippen MR) is 142 cm³/mol. The summed E-state index contributed by atoms with van der Waals surface area (Å²) in [5.41, 5.74) is 3.77. The number of likely N-dealkylation sites (N-methyl/N-ethyl adjacent to an activating group) is 1. The van der Waals surface area contributed by atoms with Gasteiger partial charge in [0, 0.05) is 61.4 Å². The standard InChI is InChI=1S/C26H32FN7O2S/c1-16-11-17(2)34(30-16)15-24(35)33-10-9-32(13-18(33)3)22-6-5-19(27)12-20(22)25(36)29-26-28-21-7-8-31(4)14-23(21)37-26/h5-6,11-12,18H,7-10,13-15H2,1-4H3,(H,28,29,36)/t18-/m0/s1. The van der Waals surface area contributed by atoms with E-state index >= 15 is 0 Å². The highest BCUT2D eigenvalue weighted by molar-refractivity contribution is 7.15. The first-order valence-electron chi connectivity index (χ1n) is 12.5. The zero-order chi connectivity index (χ0) is 26.3. The Kier molecular flexibility index (Phi) is 7.00. The molecule has 11 heteroatoms. The van der Waals surface area contributed by atoms with Crippen LogP contribution in [-0.2, 0) is 24.3 Å². The second-order valence-corrected chi connectivity index (χ2v) is 11.0. The molecule has 3 aromatic rings. The lowest BCUT2D eigenvalue weighted by molar-refractivity contribution is -0.134. The molecule has 0 spiro atoms. The smallest absolute Gasteiger partial charge is 0.259 e.